The van der Waals surface area contributed by atoms with E-state index in [9.17, 15) is 0 Å². The van der Waals surface area contributed by atoms with Crippen molar-refractivity contribution in [2.45, 2.75) is 0 Å². The first-order chi connectivity index (χ1) is 25.8. The summed E-state index contributed by atoms with van der Waals surface area (Å²) in [6.07, 6.45) is 3.55. The highest BCUT2D eigenvalue weighted by molar-refractivity contribution is 6.23. The molecule has 0 saturated carbocycles. The minimum absolute atomic E-state index is 0.542. The van der Waals surface area contributed by atoms with Crippen LogP contribution in [0.4, 0.5) is 0 Å². The molecule has 0 unspecified atom stereocenters. The summed E-state index contributed by atoms with van der Waals surface area (Å²) in [5.74, 6) is 1.70. The molecule has 7 aromatic carbocycles. The maximum Gasteiger partial charge on any atom is 0.238 e. The number of aromatic nitrogens is 5. The number of fused-ring (bicyclic) bond motifs is 8. The van der Waals surface area contributed by atoms with Gasteiger partial charge in [-0.2, -0.15) is 9.97 Å². The van der Waals surface area contributed by atoms with E-state index in [0.29, 0.717) is 17.6 Å². The van der Waals surface area contributed by atoms with Crippen LogP contribution in [0.3, 0.4) is 0 Å². The summed E-state index contributed by atoms with van der Waals surface area (Å²) in [6, 6.07) is 52.8. The molecule has 0 amide bonds. The van der Waals surface area contributed by atoms with Crippen molar-refractivity contribution in [2.24, 2.45) is 0 Å². The van der Waals surface area contributed by atoms with Gasteiger partial charge in [-0.15, -0.1) is 0 Å². The summed E-state index contributed by atoms with van der Waals surface area (Å²) in [7, 11) is 0. The van der Waals surface area contributed by atoms with E-state index in [0.717, 1.165) is 76.6 Å². The summed E-state index contributed by atoms with van der Waals surface area (Å²) in [6.45, 7) is 0. The number of pyridine rings is 1. The lowest BCUT2D eigenvalue weighted by atomic mass is 9.93. The summed E-state index contributed by atoms with van der Waals surface area (Å²) < 4.78 is 8.46. The standard InChI is InChI=1S/C46H27N5O/c1-2-12-29(13-3-1)41-33-16-7-6-15-31(33)26-38-43(41)34-17-8-9-19-37(34)51(38)46-49-44(32-22-21-28-11-4-5-14-30(28)25-32)48-45(50-46)36-18-10-20-39-42(36)35-23-24-47-27-40(35)52-39/h1-27H. The molecule has 52 heavy (non-hydrogen) atoms. The smallest absolute Gasteiger partial charge is 0.238 e. The normalized spacial score (nSPS) is 11.8. The Morgan fingerprint density at radius 1 is 0.462 bits per heavy atom. The highest BCUT2D eigenvalue weighted by Crippen LogP contribution is 2.43. The van der Waals surface area contributed by atoms with Crippen LogP contribution in [0.2, 0.25) is 0 Å². The van der Waals surface area contributed by atoms with Gasteiger partial charge in [0.2, 0.25) is 5.95 Å². The first-order valence-electron chi connectivity index (χ1n) is 17.3. The zero-order valence-electron chi connectivity index (χ0n) is 27.7. The van der Waals surface area contributed by atoms with E-state index < -0.39 is 0 Å². The van der Waals surface area contributed by atoms with Crippen LogP contribution in [0.1, 0.15) is 0 Å². The number of nitrogens with zero attached hydrogens (tertiary/aromatic N) is 5. The molecule has 11 aromatic rings. The van der Waals surface area contributed by atoms with Gasteiger partial charge in [-0.25, -0.2) is 4.98 Å². The van der Waals surface area contributed by atoms with Crippen LogP contribution in [0.5, 0.6) is 0 Å². The molecular weight excluding hydrogens is 639 g/mol. The fourth-order valence-corrected chi connectivity index (χ4v) is 7.82. The van der Waals surface area contributed by atoms with Crippen molar-refractivity contribution in [3.63, 3.8) is 0 Å². The highest BCUT2D eigenvalue weighted by Gasteiger charge is 2.23. The molecule has 242 valence electrons. The average molecular weight is 666 g/mol. The number of furan rings is 1. The predicted octanol–water partition coefficient (Wildman–Crippen LogP) is 11.6. The van der Waals surface area contributed by atoms with Crippen LogP contribution in [0.15, 0.2) is 168 Å². The third-order valence-corrected chi connectivity index (χ3v) is 10.1. The molecule has 0 atom stereocenters. The van der Waals surface area contributed by atoms with Crippen molar-refractivity contribution in [1.82, 2.24) is 24.5 Å². The van der Waals surface area contributed by atoms with E-state index in [1.165, 1.54) is 10.9 Å². The van der Waals surface area contributed by atoms with Crippen LogP contribution >= 0.6 is 0 Å². The van der Waals surface area contributed by atoms with Crippen molar-refractivity contribution in [3.8, 4) is 39.9 Å². The molecule has 0 aliphatic carbocycles. The van der Waals surface area contributed by atoms with Gasteiger partial charge < -0.3 is 4.42 Å². The Balaban J connectivity index is 1.27. The van der Waals surface area contributed by atoms with E-state index in [4.69, 9.17) is 19.4 Å². The second-order valence-electron chi connectivity index (χ2n) is 13.1. The van der Waals surface area contributed by atoms with Gasteiger partial charge in [0.25, 0.3) is 0 Å². The van der Waals surface area contributed by atoms with Gasteiger partial charge in [-0.1, -0.05) is 121 Å². The first-order valence-corrected chi connectivity index (χ1v) is 17.3. The van der Waals surface area contributed by atoms with Gasteiger partial charge in [0.15, 0.2) is 17.2 Å². The van der Waals surface area contributed by atoms with E-state index >= 15 is 0 Å². The molecule has 0 bridgehead atoms. The van der Waals surface area contributed by atoms with Crippen LogP contribution in [-0.2, 0) is 0 Å². The summed E-state index contributed by atoms with van der Waals surface area (Å²) in [5.41, 5.74) is 7.65. The molecule has 0 fully saturated rings. The molecule has 0 saturated heterocycles. The minimum Gasteiger partial charge on any atom is -0.454 e. The van der Waals surface area contributed by atoms with Crippen molar-refractivity contribution in [2.75, 3.05) is 0 Å². The summed E-state index contributed by atoms with van der Waals surface area (Å²) in [4.78, 5) is 20.2. The Labute approximate surface area is 297 Å². The molecule has 0 aliphatic heterocycles. The zero-order valence-corrected chi connectivity index (χ0v) is 27.7. The number of rotatable bonds is 4. The Hall–Kier alpha value is -7.18. The zero-order chi connectivity index (χ0) is 34.2. The largest absolute Gasteiger partial charge is 0.454 e. The second-order valence-corrected chi connectivity index (χ2v) is 13.1. The van der Waals surface area contributed by atoms with E-state index in [-0.39, 0.29) is 0 Å². The van der Waals surface area contributed by atoms with Crippen LogP contribution in [0.25, 0.3) is 105 Å². The van der Waals surface area contributed by atoms with Crippen molar-refractivity contribution in [3.05, 3.63) is 164 Å². The lowest BCUT2D eigenvalue weighted by Gasteiger charge is -2.13. The molecule has 0 N–H and O–H groups in total. The first kappa shape index (κ1) is 28.6. The molecule has 6 heteroatoms. The SMILES string of the molecule is c1ccc(-c2c3ccccc3cc3c2c2ccccc2n3-c2nc(-c3ccc4ccccc4c3)nc(-c3cccc4oc5cnccc5c34)n2)cc1. The summed E-state index contributed by atoms with van der Waals surface area (Å²) >= 11 is 0. The molecule has 0 spiro atoms. The van der Waals surface area contributed by atoms with Gasteiger partial charge in [-0.05, 0) is 63.0 Å². The molecular formula is C46H27N5O. The molecule has 6 nitrogen and oxygen atoms in total. The van der Waals surface area contributed by atoms with Gasteiger partial charge in [-0.3, -0.25) is 9.55 Å². The molecule has 11 rings (SSSR count). The van der Waals surface area contributed by atoms with Gasteiger partial charge >= 0.3 is 0 Å². The average Bonchev–Trinajstić information content (AvgIpc) is 3.75. The Morgan fingerprint density at radius 2 is 1.23 bits per heavy atom. The maximum atomic E-state index is 6.25. The molecule has 0 aliphatic rings. The highest BCUT2D eigenvalue weighted by atomic mass is 16.3. The van der Waals surface area contributed by atoms with E-state index in [2.05, 4.69) is 143 Å². The second kappa shape index (κ2) is 11.2. The van der Waals surface area contributed by atoms with E-state index in [1.54, 1.807) is 12.4 Å². The molecule has 0 radical (unpaired) electrons. The quantitative estimate of drug-likeness (QED) is 0.187. The fourth-order valence-electron chi connectivity index (χ4n) is 7.82. The summed E-state index contributed by atoms with van der Waals surface area (Å²) in [5, 5.41) is 8.82. The van der Waals surface area contributed by atoms with Crippen molar-refractivity contribution < 1.29 is 4.42 Å². The third-order valence-electron chi connectivity index (χ3n) is 10.1. The van der Waals surface area contributed by atoms with Gasteiger partial charge in [0, 0.05) is 38.9 Å². The lowest BCUT2D eigenvalue weighted by Crippen LogP contribution is -2.06. The predicted molar refractivity (Wildman–Crippen MR) is 211 cm³/mol. The molecule has 4 heterocycles. The third kappa shape index (κ3) is 4.31. The lowest BCUT2D eigenvalue weighted by molar-refractivity contribution is 0.667. The van der Waals surface area contributed by atoms with Crippen LogP contribution < -0.4 is 0 Å². The fraction of sp³-hybridized carbons (Fsp3) is 0. The number of hydrogen-bond acceptors (Lipinski definition) is 5. The van der Waals surface area contributed by atoms with Crippen LogP contribution in [0, 0.1) is 0 Å². The topological polar surface area (TPSA) is 69.6 Å². The number of benzene rings is 7. The Morgan fingerprint density at radius 3 is 2.13 bits per heavy atom. The van der Waals surface area contributed by atoms with Gasteiger partial charge in [0.1, 0.15) is 5.58 Å². The number of para-hydroxylation sites is 1. The van der Waals surface area contributed by atoms with Gasteiger partial charge in [0.05, 0.1) is 17.2 Å². The van der Waals surface area contributed by atoms with Crippen LogP contribution in [-0.4, -0.2) is 24.5 Å². The maximum absolute atomic E-state index is 6.25. The minimum atomic E-state index is 0.542. The van der Waals surface area contributed by atoms with Crippen molar-refractivity contribution in [1.29, 1.82) is 0 Å². The van der Waals surface area contributed by atoms with E-state index in [1.807, 2.05) is 18.2 Å². The number of hydrogen-bond donors (Lipinski definition) is 0. The Bertz CT molecular complexity index is 3200. The molecule has 4 aromatic heterocycles. The Kier molecular flexibility index (Phi) is 6.15. The van der Waals surface area contributed by atoms with Crippen molar-refractivity contribution >= 4 is 65.3 Å². The monoisotopic (exact) mass is 665 g/mol.